The average molecular weight is 346 g/mol. The highest BCUT2D eigenvalue weighted by molar-refractivity contribution is 9.09. The minimum Gasteiger partial charge on any atom is -0.497 e. The number of hydrogen-bond donors (Lipinski definition) is 0. The molecule has 2 aromatic carbocycles. The van der Waals surface area contributed by atoms with Crippen molar-refractivity contribution < 1.29 is 9.53 Å². The average Bonchev–Trinajstić information content (AvgIpc) is 2.86. The van der Waals surface area contributed by atoms with Crippen molar-refractivity contribution in [3.05, 3.63) is 48.5 Å². The summed E-state index contributed by atoms with van der Waals surface area (Å²) in [6.45, 7) is 0.708. The summed E-state index contributed by atoms with van der Waals surface area (Å²) in [5.74, 6) is 0.973. The molecule has 1 saturated heterocycles. The van der Waals surface area contributed by atoms with Gasteiger partial charge in [-0.15, -0.1) is 0 Å². The summed E-state index contributed by atoms with van der Waals surface area (Å²) in [6.07, 6.45) is 0.548. The summed E-state index contributed by atoms with van der Waals surface area (Å²) in [6, 6.07) is 15.9. The topological polar surface area (TPSA) is 29.5 Å². The minimum absolute atomic E-state index is 0.159. The standard InChI is InChI=1S/C17H16BrNO2/c1-21-14-6-4-5-12(9-14)15-7-2-3-8-16(15)19-11-13(18)10-17(19)20/h2-9,13H,10-11H2,1H3. The SMILES string of the molecule is COc1cccc(-c2ccccc2N2CC(Br)CC2=O)c1. The Morgan fingerprint density at radius 2 is 2.00 bits per heavy atom. The molecule has 3 nitrogen and oxygen atoms in total. The van der Waals surface area contributed by atoms with Crippen LogP contribution in [0.3, 0.4) is 0 Å². The number of para-hydroxylation sites is 1. The lowest BCUT2D eigenvalue weighted by Crippen LogP contribution is -2.25. The first kappa shape index (κ1) is 14.1. The summed E-state index contributed by atoms with van der Waals surface area (Å²) < 4.78 is 5.29. The summed E-state index contributed by atoms with van der Waals surface area (Å²) in [5.41, 5.74) is 3.06. The second kappa shape index (κ2) is 5.90. The van der Waals surface area contributed by atoms with Crippen LogP contribution in [0.25, 0.3) is 11.1 Å². The molecule has 0 aromatic heterocycles. The van der Waals surface area contributed by atoms with Crippen molar-refractivity contribution in [2.45, 2.75) is 11.2 Å². The molecule has 3 rings (SSSR count). The molecule has 1 fully saturated rings. The van der Waals surface area contributed by atoms with Crippen molar-refractivity contribution >= 4 is 27.5 Å². The minimum atomic E-state index is 0.159. The Kier molecular flexibility index (Phi) is 3.97. The van der Waals surface area contributed by atoms with E-state index in [1.54, 1.807) is 7.11 Å². The molecule has 0 aliphatic carbocycles. The van der Waals surface area contributed by atoms with Gasteiger partial charge in [-0.05, 0) is 23.8 Å². The van der Waals surface area contributed by atoms with Crippen LogP contribution in [0.15, 0.2) is 48.5 Å². The molecule has 0 bridgehead atoms. The fraction of sp³-hybridized carbons (Fsp3) is 0.235. The summed E-state index contributed by atoms with van der Waals surface area (Å²) in [5, 5.41) is 0. The molecule has 4 heteroatoms. The third-order valence-electron chi connectivity index (χ3n) is 3.65. The Labute approximate surface area is 132 Å². The number of alkyl halides is 1. The van der Waals surface area contributed by atoms with Gasteiger partial charge in [-0.2, -0.15) is 0 Å². The van der Waals surface area contributed by atoms with E-state index in [1.807, 2.05) is 53.4 Å². The van der Waals surface area contributed by atoms with E-state index in [1.165, 1.54) is 0 Å². The fourth-order valence-electron chi connectivity index (χ4n) is 2.64. The fourth-order valence-corrected chi connectivity index (χ4v) is 3.21. The van der Waals surface area contributed by atoms with Gasteiger partial charge in [0.25, 0.3) is 0 Å². The lowest BCUT2D eigenvalue weighted by molar-refractivity contribution is -0.117. The molecule has 1 heterocycles. The lowest BCUT2D eigenvalue weighted by Gasteiger charge is -2.20. The van der Waals surface area contributed by atoms with Gasteiger partial charge < -0.3 is 9.64 Å². The van der Waals surface area contributed by atoms with Crippen LogP contribution in [0.5, 0.6) is 5.75 Å². The van der Waals surface area contributed by atoms with Gasteiger partial charge in [0.2, 0.25) is 5.91 Å². The zero-order chi connectivity index (χ0) is 14.8. The highest BCUT2D eigenvalue weighted by atomic mass is 79.9. The van der Waals surface area contributed by atoms with Gasteiger partial charge in [0.15, 0.2) is 0 Å². The molecule has 0 N–H and O–H groups in total. The van der Waals surface area contributed by atoms with Gasteiger partial charge >= 0.3 is 0 Å². The van der Waals surface area contributed by atoms with E-state index >= 15 is 0 Å². The van der Waals surface area contributed by atoms with Crippen LogP contribution in [0.4, 0.5) is 5.69 Å². The van der Waals surface area contributed by atoms with E-state index in [2.05, 4.69) is 15.9 Å². The Bertz CT molecular complexity index is 671. The van der Waals surface area contributed by atoms with Gasteiger partial charge in [-0.1, -0.05) is 46.3 Å². The van der Waals surface area contributed by atoms with E-state index in [0.29, 0.717) is 13.0 Å². The van der Waals surface area contributed by atoms with Crippen LogP contribution in [0, 0.1) is 0 Å². The van der Waals surface area contributed by atoms with Gasteiger partial charge in [-0.3, -0.25) is 4.79 Å². The number of nitrogens with zero attached hydrogens (tertiary/aromatic N) is 1. The number of carbonyl (C=O) groups is 1. The smallest absolute Gasteiger partial charge is 0.228 e. The molecule has 1 aliphatic rings. The Hall–Kier alpha value is -1.81. The summed E-state index contributed by atoms with van der Waals surface area (Å²) in [4.78, 5) is 14.2. The van der Waals surface area contributed by atoms with Crippen LogP contribution >= 0.6 is 15.9 Å². The zero-order valence-corrected chi connectivity index (χ0v) is 13.3. The third kappa shape index (κ3) is 2.81. The predicted octanol–water partition coefficient (Wildman–Crippen LogP) is 3.86. The third-order valence-corrected chi connectivity index (χ3v) is 4.27. The Balaban J connectivity index is 2.05. The number of anilines is 1. The number of amides is 1. The maximum Gasteiger partial charge on any atom is 0.228 e. The molecule has 0 saturated carbocycles. The largest absolute Gasteiger partial charge is 0.497 e. The lowest BCUT2D eigenvalue weighted by atomic mass is 10.0. The van der Waals surface area contributed by atoms with Crippen LogP contribution < -0.4 is 9.64 Å². The first-order chi connectivity index (χ1) is 10.2. The highest BCUT2D eigenvalue weighted by Crippen LogP contribution is 2.35. The second-order valence-electron chi connectivity index (χ2n) is 5.05. The number of rotatable bonds is 3. The highest BCUT2D eigenvalue weighted by Gasteiger charge is 2.30. The first-order valence-electron chi connectivity index (χ1n) is 6.87. The molecule has 1 aliphatic heterocycles. The molecule has 0 radical (unpaired) electrons. The number of carbonyl (C=O) groups excluding carboxylic acids is 1. The van der Waals surface area contributed by atoms with Crippen molar-refractivity contribution in [1.82, 2.24) is 0 Å². The van der Waals surface area contributed by atoms with Gasteiger partial charge in [0.1, 0.15) is 5.75 Å². The second-order valence-corrected chi connectivity index (χ2v) is 6.35. The number of ether oxygens (including phenoxy) is 1. The Morgan fingerprint density at radius 3 is 2.71 bits per heavy atom. The summed E-state index contributed by atoms with van der Waals surface area (Å²) in [7, 11) is 1.66. The molecular weight excluding hydrogens is 330 g/mol. The quantitative estimate of drug-likeness (QED) is 0.790. The van der Waals surface area contributed by atoms with Crippen molar-refractivity contribution in [3.63, 3.8) is 0 Å². The van der Waals surface area contributed by atoms with Crippen molar-refractivity contribution in [1.29, 1.82) is 0 Å². The van der Waals surface area contributed by atoms with Crippen LogP contribution in [-0.2, 0) is 4.79 Å². The number of halogens is 1. The van der Waals surface area contributed by atoms with Crippen molar-refractivity contribution in [2.75, 3.05) is 18.6 Å². The summed E-state index contributed by atoms with van der Waals surface area (Å²) >= 11 is 3.54. The number of methoxy groups -OCH3 is 1. The predicted molar refractivity (Wildman–Crippen MR) is 88.1 cm³/mol. The molecule has 1 atom stereocenters. The van der Waals surface area contributed by atoms with E-state index in [4.69, 9.17) is 4.74 Å². The van der Waals surface area contributed by atoms with Gasteiger partial charge in [0.05, 0.1) is 12.8 Å². The normalized spacial score (nSPS) is 18.1. The molecule has 108 valence electrons. The first-order valence-corrected chi connectivity index (χ1v) is 7.78. The van der Waals surface area contributed by atoms with Crippen molar-refractivity contribution in [2.24, 2.45) is 0 Å². The molecular formula is C17H16BrNO2. The van der Waals surface area contributed by atoms with E-state index in [0.717, 1.165) is 22.6 Å². The zero-order valence-electron chi connectivity index (χ0n) is 11.8. The van der Waals surface area contributed by atoms with Gasteiger partial charge in [-0.25, -0.2) is 0 Å². The van der Waals surface area contributed by atoms with Crippen LogP contribution in [0.1, 0.15) is 6.42 Å². The maximum absolute atomic E-state index is 12.2. The maximum atomic E-state index is 12.2. The Morgan fingerprint density at radius 1 is 1.19 bits per heavy atom. The molecule has 1 amide bonds. The van der Waals surface area contributed by atoms with Crippen LogP contribution in [0.2, 0.25) is 0 Å². The van der Waals surface area contributed by atoms with E-state index in [9.17, 15) is 4.79 Å². The van der Waals surface area contributed by atoms with Gasteiger partial charge in [0, 0.05) is 23.4 Å². The molecule has 21 heavy (non-hydrogen) atoms. The molecule has 1 unspecified atom stereocenters. The van der Waals surface area contributed by atoms with Crippen LogP contribution in [-0.4, -0.2) is 24.4 Å². The van der Waals surface area contributed by atoms with E-state index in [-0.39, 0.29) is 10.7 Å². The number of benzene rings is 2. The van der Waals surface area contributed by atoms with Crippen molar-refractivity contribution in [3.8, 4) is 16.9 Å². The van der Waals surface area contributed by atoms with E-state index < -0.39 is 0 Å². The molecule has 0 spiro atoms. The number of hydrogen-bond acceptors (Lipinski definition) is 2. The monoisotopic (exact) mass is 345 g/mol. The molecule has 2 aromatic rings.